The number of hydrogen-bond acceptors (Lipinski definition) is 4. The molecule has 1 unspecified atom stereocenters. The van der Waals surface area contributed by atoms with Crippen LogP contribution in [0.15, 0.2) is 18.2 Å². The lowest BCUT2D eigenvalue weighted by atomic mass is 10.0. The SMILES string of the molecule is CCCOc1cc(N)cc(OCC2CCCCN2C)c1. The maximum absolute atomic E-state index is 5.92. The van der Waals surface area contributed by atoms with Gasteiger partial charge in [-0.1, -0.05) is 13.3 Å². The molecular weight excluding hydrogens is 252 g/mol. The quantitative estimate of drug-likeness (QED) is 0.813. The van der Waals surface area contributed by atoms with Gasteiger partial charge in [0.15, 0.2) is 0 Å². The molecule has 112 valence electrons. The van der Waals surface area contributed by atoms with Crippen molar-refractivity contribution >= 4 is 5.69 Å². The zero-order chi connectivity index (χ0) is 14.4. The van der Waals surface area contributed by atoms with Gasteiger partial charge in [0, 0.05) is 29.9 Å². The normalized spacial score (nSPS) is 19.8. The number of nitrogen functional groups attached to an aromatic ring is 1. The zero-order valence-electron chi connectivity index (χ0n) is 12.6. The van der Waals surface area contributed by atoms with Crippen molar-refractivity contribution < 1.29 is 9.47 Å². The van der Waals surface area contributed by atoms with Crippen molar-refractivity contribution in [1.82, 2.24) is 4.90 Å². The average molecular weight is 278 g/mol. The first-order valence-corrected chi connectivity index (χ1v) is 7.55. The number of nitrogens with two attached hydrogens (primary N) is 1. The van der Waals surface area contributed by atoms with E-state index in [1.807, 2.05) is 18.2 Å². The summed E-state index contributed by atoms with van der Waals surface area (Å²) in [5, 5.41) is 0. The Bertz CT molecular complexity index is 423. The van der Waals surface area contributed by atoms with Crippen molar-refractivity contribution in [3.63, 3.8) is 0 Å². The van der Waals surface area contributed by atoms with Gasteiger partial charge < -0.3 is 20.1 Å². The zero-order valence-corrected chi connectivity index (χ0v) is 12.6. The van der Waals surface area contributed by atoms with Crippen molar-refractivity contribution in [3.05, 3.63) is 18.2 Å². The van der Waals surface area contributed by atoms with Crippen LogP contribution in [0.2, 0.25) is 0 Å². The van der Waals surface area contributed by atoms with E-state index in [2.05, 4.69) is 18.9 Å². The van der Waals surface area contributed by atoms with E-state index in [0.29, 0.717) is 24.9 Å². The van der Waals surface area contributed by atoms with E-state index in [1.165, 1.54) is 19.3 Å². The first-order chi connectivity index (χ1) is 9.69. The van der Waals surface area contributed by atoms with Gasteiger partial charge in [0.2, 0.25) is 0 Å². The second kappa shape index (κ2) is 7.39. The summed E-state index contributed by atoms with van der Waals surface area (Å²) in [6.07, 6.45) is 4.77. The Morgan fingerprint density at radius 3 is 2.65 bits per heavy atom. The van der Waals surface area contributed by atoms with Crippen LogP contribution in [0.1, 0.15) is 32.6 Å². The fourth-order valence-corrected chi connectivity index (χ4v) is 2.53. The molecule has 0 aromatic heterocycles. The minimum absolute atomic E-state index is 0.505. The molecule has 4 nitrogen and oxygen atoms in total. The van der Waals surface area contributed by atoms with Gasteiger partial charge in [0.1, 0.15) is 18.1 Å². The fourth-order valence-electron chi connectivity index (χ4n) is 2.53. The van der Waals surface area contributed by atoms with E-state index >= 15 is 0 Å². The maximum atomic E-state index is 5.92. The van der Waals surface area contributed by atoms with Crippen molar-refractivity contribution in [2.24, 2.45) is 0 Å². The van der Waals surface area contributed by atoms with Gasteiger partial charge in [-0.25, -0.2) is 0 Å². The molecule has 0 saturated carbocycles. The second-order valence-corrected chi connectivity index (χ2v) is 5.53. The number of piperidine rings is 1. The largest absolute Gasteiger partial charge is 0.493 e. The third-order valence-electron chi connectivity index (χ3n) is 3.74. The van der Waals surface area contributed by atoms with E-state index in [1.54, 1.807) is 0 Å². The molecule has 1 heterocycles. The number of rotatable bonds is 6. The molecule has 4 heteroatoms. The number of nitrogens with zero attached hydrogens (tertiary/aromatic N) is 1. The Morgan fingerprint density at radius 1 is 1.20 bits per heavy atom. The summed E-state index contributed by atoms with van der Waals surface area (Å²) in [5.74, 6) is 1.59. The highest BCUT2D eigenvalue weighted by molar-refractivity contribution is 5.50. The van der Waals surface area contributed by atoms with Crippen LogP contribution < -0.4 is 15.2 Å². The number of benzene rings is 1. The van der Waals surface area contributed by atoms with Gasteiger partial charge in [0.25, 0.3) is 0 Å². The van der Waals surface area contributed by atoms with Gasteiger partial charge in [-0.2, -0.15) is 0 Å². The Kier molecular flexibility index (Phi) is 5.53. The molecule has 0 aliphatic carbocycles. The Balaban J connectivity index is 1.92. The van der Waals surface area contributed by atoms with E-state index < -0.39 is 0 Å². The molecule has 1 aliphatic heterocycles. The number of ether oxygens (including phenoxy) is 2. The van der Waals surface area contributed by atoms with Crippen LogP contribution in [-0.4, -0.2) is 37.7 Å². The molecule has 0 bridgehead atoms. The molecule has 1 fully saturated rings. The Labute approximate surface area is 121 Å². The topological polar surface area (TPSA) is 47.7 Å². The van der Waals surface area contributed by atoms with Crippen LogP contribution in [0.25, 0.3) is 0 Å². The van der Waals surface area contributed by atoms with Crippen molar-refractivity contribution in [3.8, 4) is 11.5 Å². The van der Waals surface area contributed by atoms with Gasteiger partial charge in [0.05, 0.1) is 6.61 Å². The minimum Gasteiger partial charge on any atom is -0.493 e. The van der Waals surface area contributed by atoms with Gasteiger partial charge >= 0.3 is 0 Å². The predicted octanol–water partition coefficient (Wildman–Crippen LogP) is 2.92. The molecule has 2 N–H and O–H groups in total. The summed E-state index contributed by atoms with van der Waals surface area (Å²) in [6, 6.07) is 6.14. The van der Waals surface area contributed by atoms with Crippen molar-refractivity contribution in [2.45, 2.75) is 38.6 Å². The third kappa shape index (κ3) is 4.30. The Hall–Kier alpha value is -1.42. The third-order valence-corrected chi connectivity index (χ3v) is 3.74. The van der Waals surface area contributed by atoms with Crippen LogP contribution in [0.3, 0.4) is 0 Å². The minimum atomic E-state index is 0.505. The highest BCUT2D eigenvalue weighted by atomic mass is 16.5. The standard InChI is InChI=1S/C16H26N2O2/c1-3-8-19-15-9-13(17)10-16(11-15)20-12-14-6-4-5-7-18(14)2/h9-11,14H,3-8,12,17H2,1-2H3. The van der Waals surface area contributed by atoms with E-state index in [9.17, 15) is 0 Å². The summed E-state index contributed by atoms with van der Waals surface area (Å²) < 4.78 is 11.5. The molecule has 1 aliphatic rings. The number of hydrogen-bond donors (Lipinski definition) is 1. The highest BCUT2D eigenvalue weighted by Crippen LogP contribution is 2.25. The molecule has 0 amide bonds. The number of anilines is 1. The molecule has 1 aromatic rings. The Morgan fingerprint density at radius 2 is 1.95 bits per heavy atom. The maximum Gasteiger partial charge on any atom is 0.125 e. The van der Waals surface area contributed by atoms with Crippen LogP contribution in [0, 0.1) is 0 Å². The molecular formula is C16H26N2O2. The van der Waals surface area contributed by atoms with Crippen LogP contribution in [-0.2, 0) is 0 Å². The molecule has 1 saturated heterocycles. The lowest BCUT2D eigenvalue weighted by Crippen LogP contribution is -2.40. The second-order valence-electron chi connectivity index (χ2n) is 5.53. The molecule has 2 rings (SSSR count). The number of likely N-dealkylation sites (N-methyl/N-ethyl adjacent to an activating group) is 1. The molecule has 1 aromatic carbocycles. The first-order valence-electron chi connectivity index (χ1n) is 7.55. The first kappa shape index (κ1) is 15.0. The highest BCUT2D eigenvalue weighted by Gasteiger charge is 2.19. The summed E-state index contributed by atoms with van der Waals surface area (Å²) in [5.41, 5.74) is 6.58. The molecule has 0 radical (unpaired) electrons. The van der Waals surface area contributed by atoms with Crippen molar-refractivity contribution in [1.29, 1.82) is 0 Å². The molecule has 20 heavy (non-hydrogen) atoms. The number of likely N-dealkylation sites (tertiary alicyclic amines) is 1. The predicted molar refractivity (Wildman–Crippen MR) is 82.4 cm³/mol. The van der Waals surface area contributed by atoms with Gasteiger partial charge in [-0.05, 0) is 32.9 Å². The summed E-state index contributed by atoms with van der Waals surface area (Å²) in [4.78, 5) is 2.38. The monoisotopic (exact) mass is 278 g/mol. The summed E-state index contributed by atoms with van der Waals surface area (Å²) >= 11 is 0. The molecule has 1 atom stereocenters. The van der Waals surface area contributed by atoms with Crippen LogP contribution in [0.4, 0.5) is 5.69 Å². The molecule has 0 spiro atoms. The van der Waals surface area contributed by atoms with Crippen LogP contribution >= 0.6 is 0 Å². The lowest BCUT2D eigenvalue weighted by Gasteiger charge is -2.32. The van der Waals surface area contributed by atoms with E-state index in [-0.39, 0.29) is 0 Å². The van der Waals surface area contributed by atoms with Crippen LogP contribution in [0.5, 0.6) is 11.5 Å². The average Bonchev–Trinajstić information content (AvgIpc) is 2.44. The lowest BCUT2D eigenvalue weighted by molar-refractivity contribution is 0.125. The van der Waals surface area contributed by atoms with Crippen molar-refractivity contribution in [2.75, 3.05) is 32.5 Å². The summed E-state index contributed by atoms with van der Waals surface area (Å²) in [7, 11) is 2.17. The smallest absolute Gasteiger partial charge is 0.125 e. The van der Waals surface area contributed by atoms with Gasteiger partial charge in [-0.15, -0.1) is 0 Å². The summed E-state index contributed by atoms with van der Waals surface area (Å²) in [6.45, 7) is 4.67. The fraction of sp³-hybridized carbons (Fsp3) is 0.625. The van der Waals surface area contributed by atoms with E-state index in [4.69, 9.17) is 15.2 Å². The van der Waals surface area contributed by atoms with Gasteiger partial charge in [-0.3, -0.25) is 0 Å². The van der Waals surface area contributed by atoms with E-state index in [0.717, 1.165) is 24.5 Å².